The summed E-state index contributed by atoms with van der Waals surface area (Å²) in [4.78, 5) is 22.5. The minimum absolute atomic E-state index is 0.597. The second-order valence-electron chi connectivity index (χ2n) is 3.28. The third-order valence-electron chi connectivity index (χ3n) is 1.98. The van der Waals surface area contributed by atoms with Crippen LogP contribution in [0.4, 0.5) is 13.2 Å². The van der Waals surface area contributed by atoms with Crippen molar-refractivity contribution in [2.75, 3.05) is 13.6 Å². The zero-order valence-electron chi connectivity index (χ0n) is 8.71. The van der Waals surface area contributed by atoms with Crippen molar-refractivity contribution in [1.29, 1.82) is 0 Å². The Morgan fingerprint density at radius 2 is 1.82 bits per heavy atom. The summed E-state index contributed by atoms with van der Waals surface area (Å²) in [5, 5.41) is 8.43. The topological polar surface area (TPSA) is 57.6 Å². The summed E-state index contributed by atoms with van der Waals surface area (Å²) < 4.78 is 38.6. The number of halogens is 3. The van der Waals surface area contributed by atoms with Crippen molar-refractivity contribution >= 4 is 11.9 Å². The highest BCUT2D eigenvalue weighted by molar-refractivity contribution is 5.95. The van der Waals surface area contributed by atoms with Gasteiger partial charge in [0.2, 0.25) is 0 Å². The van der Waals surface area contributed by atoms with Crippen molar-refractivity contribution in [2.24, 2.45) is 0 Å². The summed E-state index contributed by atoms with van der Waals surface area (Å²) in [6, 6.07) is 1.36. The van der Waals surface area contributed by atoms with Gasteiger partial charge >= 0.3 is 5.97 Å². The molecule has 0 atom stereocenters. The van der Waals surface area contributed by atoms with Gasteiger partial charge in [0.1, 0.15) is 6.54 Å². The lowest BCUT2D eigenvalue weighted by molar-refractivity contribution is -0.137. The number of amides is 1. The summed E-state index contributed by atoms with van der Waals surface area (Å²) in [5.41, 5.74) is -0.715. The predicted octanol–water partition coefficient (Wildman–Crippen LogP) is 1.26. The molecule has 0 aliphatic carbocycles. The number of rotatable bonds is 3. The van der Waals surface area contributed by atoms with Crippen molar-refractivity contribution in [1.82, 2.24) is 4.90 Å². The van der Waals surface area contributed by atoms with Crippen molar-refractivity contribution in [3.8, 4) is 0 Å². The van der Waals surface area contributed by atoms with Crippen LogP contribution in [0.2, 0.25) is 0 Å². The molecular weight excluding hydrogens is 239 g/mol. The molecule has 1 aromatic rings. The van der Waals surface area contributed by atoms with Gasteiger partial charge in [0, 0.05) is 7.05 Å². The van der Waals surface area contributed by atoms with Crippen LogP contribution in [-0.4, -0.2) is 35.5 Å². The Labute approximate surface area is 94.3 Å². The fourth-order valence-corrected chi connectivity index (χ4v) is 1.17. The maximum absolute atomic E-state index is 13.2. The molecule has 1 amide bonds. The number of carbonyl (C=O) groups excluding carboxylic acids is 1. The van der Waals surface area contributed by atoms with Crippen molar-refractivity contribution in [3.05, 3.63) is 35.1 Å². The lowest BCUT2D eigenvalue weighted by Gasteiger charge is -2.15. The fraction of sp³-hybridized carbons (Fsp3) is 0.200. The zero-order chi connectivity index (χ0) is 13.2. The molecule has 0 radical (unpaired) electrons. The Morgan fingerprint density at radius 3 is 2.35 bits per heavy atom. The van der Waals surface area contributed by atoms with Gasteiger partial charge in [0.15, 0.2) is 17.5 Å². The molecule has 0 bridgehead atoms. The molecule has 4 nitrogen and oxygen atoms in total. The summed E-state index contributed by atoms with van der Waals surface area (Å²) in [5.74, 6) is -7.15. The van der Waals surface area contributed by atoms with Crippen molar-refractivity contribution < 1.29 is 27.9 Å². The van der Waals surface area contributed by atoms with Crippen LogP contribution in [-0.2, 0) is 4.79 Å². The number of carboxylic acid groups (broad SMARTS) is 1. The number of hydrogen-bond acceptors (Lipinski definition) is 2. The highest BCUT2D eigenvalue weighted by Gasteiger charge is 2.22. The van der Waals surface area contributed by atoms with E-state index in [4.69, 9.17) is 5.11 Å². The van der Waals surface area contributed by atoms with Crippen molar-refractivity contribution in [3.63, 3.8) is 0 Å². The zero-order valence-corrected chi connectivity index (χ0v) is 8.71. The lowest BCUT2D eigenvalue weighted by atomic mass is 10.1. The molecule has 0 spiro atoms. The summed E-state index contributed by atoms with van der Waals surface area (Å²) >= 11 is 0. The van der Waals surface area contributed by atoms with Gasteiger partial charge in [0.25, 0.3) is 5.91 Å². The average Bonchev–Trinajstić information content (AvgIpc) is 2.24. The quantitative estimate of drug-likeness (QED) is 0.818. The van der Waals surface area contributed by atoms with Crippen LogP contribution in [0.25, 0.3) is 0 Å². The largest absolute Gasteiger partial charge is 0.480 e. The highest BCUT2D eigenvalue weighted by atomic mass is 19.2. The van der Waals surface area contributed by atoms with Gasteiger partial charge in [-0.25, -0.2) is 13.2 Å². The first-order chi connectivity index (χ1) is 7.84. The van der Waals surface area contributed by atoms with Gasteiger partial charge in [-0.2, -0.15) is 0 Å². The molecule has 0 aromatic heterocycles. The van der Waals surface area contributed by atoms with E-state index in [1.54, 1.807) is 0 Å². The molecular formula is C10H8F3NO3. The standard InChI is InChI=1S/C10H8F3NO3/c1-14(4-7(15)16)10(17)5-2-3-6(11)9(13)8(5)12/h2-3H,4H2,1H3,(H,15,16). The van der Waals surface area contributed by atoms with E-state index in [0.717, 1.165) is 13.1 Å². The molecule has 7 heteroatoms. The van der Waals surface area contributed by atoms with E-state index in [1.165, 1.54) is 0 Å². The SMILES string of the molecule is CN(CC(=O)O)C(=O)c1ccc(F)c(F)c1F. The van der Waals surface area contributed by atoms with E-state index in [1.807, 2.05) is 0 Å². The van der Waals surface area contributed by atoms with Gasteiger partial charge < -0.3 is 10.0 Å². The number of nitrogens with zero attached hydrogens (tertiary/aromatic N) is 1. The van der Waals surface area contributed by atoms with Crippen LogP contribution >= 0.6 is 0 Å². The lowest BCUT2D eigenvalue weighted by Crippen LogP contribution is -2.32. The molecule has 0 aliphatic rings. The molecule has 0 saturated carbocycles. The maximum atomic E-state index is 13.2. The average molecular weight is 247 g/mol. The van der Waals surface area contributed by atoms with Gasteiger partial charge in [-0.1, -0.05) is 0 Å². The molecule has 0 heterocycles. The summed E-state index contributed by atoms with van der Waals surface area (Å²) in [6.07, 6.45) is 0. The molecule has 1 rings (SSSR count). The number of benzene rings is 1. The molecule has 0 aliphatic heterocycles. The van der Waals surface area contributed by atoms with Crippen LogP contribution in [0.3, 0.4) is 0 Å². The number of carboxylic acids is 1. The van der Waals surface area contributed by atoms with E-state index in [0.29, 0.717) is 11.0 Å². The van der Waals surface area contributed by atoms with Gasteiger partial charge in [-0.15, -0.1) is 0 Å². The molecule has 17 heavy (non-hydrogen) atoms. The van der Waals surface area contributed by atoms with E-state index < -0.39 is 41.4 Å². The normalized spacial score (nSPS) is 10.1. The molecule has 0 fully saturated rings. The molecule has 1 aromatic carbocycles. The Hall–Kier alpha value is -2.05. The van der Waals surface area contributed by atoms with Gasteiger partial charge in [0.05, 0.1) is 5.56 Å². The Balaban J connectivity index is 3.05. The van der Waals surface area contributed by atoms with Crippen LogP contribution in [0.5, 0.6) is 0 Å². The Kier molecular flexibility index (Phi) is 3.72. The molecule has 92 valence electrons. The van der Waals surface area contributed by atoms with Crippen LogP contribution < -0.4 is 0 Å². The minimum atomic E-state index is -1.76. The Morgan fingerprint density at radius 1 is 1.24 bits per heavy atom. The number of carbonyl (C=O) groups is 2. The first-order valence-electron chi connectivity index (χ1n) is 4.45. The van der Waals surface area contributed by atoms with E-state index >= 15 is 0 Å². The highest BCUT2D eigenvalue weighted by Crippen LogP contribution is 2.16. The van der Waals surface area contributed by atoms with Crippen molar-refractivity contribution in [2.45, 2.75) is 0 Å². The van der Waals surface area contributed by atoms with E-state index in [9.17, 15) is 22.8 Å². The molecule has 0 unspecified atom stereocenters. The first kappa shape index (κ1) is 13.0. The van der Waals surface area contributed by atoms with E-state index in [-0.39, 0.29) is 0 Å². The van der Waals surface area contributed by atoms with Crippen LogP contribution in [0, 0.1) is 17.5 Å². The van der Waals surface area contributed by atoms with Crippen LogP contribution in [0.1, 0.15) is 10.4 Å². The first-order valence-corrected chi connectivity index (χ1v) is 4.45. The second-order valence-corrected chi connectivity index (χ2v) is 3.28. The minimum Gasteiger partial charge on any atom is -0.480 e. The molecule has 0 saturated heterocycles. The number of aliphatic carboxylic acids is 1. The third-order valence-corrected chi connectivity index (χ3v) is 1.98. The fourth-order valence-electron chi connectivity index (χ4n) is 1.17. The number of likely N-dealkylation sites (N-methyl/N-ethyl adjacent to an activating group) is 1. The van der Waals surface area contributed by atoms with Gasteiger partial charge in [-0.05, 0) is 12.1 Å². The van der Waals surface area contributed by atoms with Crippen LogP contribution in [0.15, 0.2) is 12.1 Å². The predicted molar refractivity (Wildman–Crippen MR) is 50.9 cm³/mol. The number of hydrogen-bond donors (Lipinski definition) is 1. The third kappa shape index (κ3) is 2.74. The monoisotopic (exact) mass is 247 g/mol. The summed E-state index contributed by atoms with van der Waals surface area (Å²) in [7, 11) is 1.11. The van der Waals surface area contributed by atoms with Gasteiger partial charge in [-0.3, -0.25) is 9.59 Å². The maximum Gasteiger partial charge on any atom is 0.323 e. The smallest absolute Gasteiger partial charge is 0.323 e. The summed E-state index contributed by atoms with van der Waals surface area (Å²) in [6.45, 7) is -0.669. The van der Waals surface area contributed by atoms with E-state index in [2.05, 4.69) is 0 Å². The Bertz CT molecular complexity index is 476. The molecule has 1 N–H and O–H groups in total. The second kappa shape index (κ2) is 4.86.